The Morgan fingerprint density at radius 2 is 2.14 bits per heavy atom. The fourth-order valence-corrected chi connectivity index (χ4v) is 3.28. The van der Waals surface area contributed by atoms with E-state index < -0.39 is 0 Å². The van der Waals surface area contributed by atoms with Crippen LogP contribution in [0.1, 0.15) is 31.0 Å². The summed E-state index contributed by atoms with van der Waals surface area (Å²) in [4.78, 5) is 11.6. The van der Waals surface area contributed by atoms with Crippen LogP contribution < -0.4 is 20.7 Å². The SMILES string of the molecule is CCOc1cc2c(cc1NC(C)=O)C(Nc1cccc(C#N)c1)C(C#N)CN2. The van der Waals surface area contributed by atoms with E-state index >= 15 is 0 Å². The Morgan fingerprint density at radius 3 is 2.82 bits per heavy atom. The second-order valence-corrected chi connectivity index (χ2v) is 6.48. The summed E-state index contributed by atoms with van der Waals surface area (Å²) in [5.74, 6) is 0.0404. The molecule has 2 atom stereocenters. The topological polar surface area (TPSA) is 110 Å². The van der Waals surface area contributed by atoms with Gasteiger partial charge in [0.2, 0.25) is 5.91 Å². The van der Waals surface area contributed by atoms with Gasteiger partial charge in [0, 0.05) is 36.5 Å². The van der Waals surface area contributed by atoms with Gasteiger partial charge in [-0.25, -0.2) is 0 Å². The standard InChI is InChI=1S/C21H21N5O2/c1-3-28-20-9-18-17(8-19(20)25-13(2)27)21(15(11-23)12-24-18)26-16-6-4-5-14(7-16)10-22/h4-9,15,21,24,26H,3,12H2,1-2H3,(H,25,27). The lowest BCUT2D eigenvalue weighted by atomic mass is 9.88. The first kappa shape index (κ1) is 19.1. The Balaban J connectivity index is 2.04. The van der Waals surface area contributed by atoms with Gasteiger partial charge in [-0.2, -0.15) is 10.5 Å². The number of hydrogen-bond acceptors (Lipinski definition) is 6. The summed E-state index contributed by atoms with van der Waals surface area (Å²) in [6.07, 6.45) is 0. The quantitative estimate of drug-likeness (QED) is 0.736. The molecule has 0 radical (unpaired) electrons. The normalized spacial score (nSPS) is 17.3. The molecule has 0 aliphatic carbocycles. The van der Waals surface area contributed by atoms with Crippen molar-refractivity contribution in [3.05, 3.63) is 47.5 Å². The molecule has 0 saturated carbocycles. The van der Waals surface area contributed by atoms with Crippen LogP contribution in [0.3, 0.4) is 0 Å². The summed E-state index contributed by atoms with van der Waals surface area (Å²) in [5.41, 5.74) is 3.56. The van der Waals surface area contributed by atoms with E-state index in [0.717, 1.165) is 16.9 Å². The van der Waals surface area contributed by atoms with Gasteiger partial charge in [0.1, 0.15) is 5.75 Å². The Labute approximate surface area is 163 Å². The third-order valence-corrected chi connectivity index (χ3v) is 4.49. The molecule has 28 heavy (non-hydrogen) atoms. The lowest BCUT2D eigenvalue weighted by molar-refractivity contribution is -0.114. The molecule has 0 aromatic heterocycles. The van der Waals surface area contributed by atoms with Crippen LogP contribution in [0.25, 0.3) is 0 Å². The van der Waals surface area contributed by atoms with E-state index in [1.807, 2.05) is 25.1 Å². The lowest BCUT2D eigenvalue weighted by Gasteiger charge is -2.33. The highest BCUT2D eigenvalue weighted by Crippen LogP contribution is 2.41. The molecule has 1 aliphatic heterocycles. The number of nitrogens with zero attached hydrogens (tertiary/aromatic N) is 2. The molecule has 2 unspecified atom stereocenters. The zero-order valence-electron chi connectivity index (χ0n) is 15.7. The maximum atomic E-state index is 11.6. The van der Waals surface area contributed by atoms with Gasteiger partial charge in [-0.1, -0.05) is 6.07 Å². The molecule has 3 N–H and O–H groups in total. The summed E-state index contributed by atoms with van der Waals surface area (Å²) in [5, 5.41) is 28.2. The molecule has 0 spiro atoms. The van der Waals surface area contributed by atoms with E-state index in [2.05, 4.69) is 28.1 Å². The van der Waals surface area contributed by atoms with Gasteiger partial charge in [-0.3, -0.25) is 4.79 Å². The highest BCUT2D eigenvalue weighted by atomic mass is 16.5. The molecular weight excluding hydrogens is 354 g/mol. The monoisotopic (exact) mass is 375 g/mol. The minimum absolute atomic E-state index is 0.201. The molecule has 1 heterocycles. The van der Waals surface area contributed by atoms with Crippen LogP contribution >= 0.6 is 0 Å². The van der Waals surface area contributed by atoms with Gasteiger partial charge in [0.15, 0.2) is 0 Å². The van der Waals surface area contributed by atoms with Crippen molar-refractivity contribution in [1.82, 2.24) is 0 Å². The van der Waals surface area contributed by atoms with Crippen molar-refractivity contribution in [3.63, 3.8) is 0 Å². The third-order valence-electron chi connectivity index (χ3n) is 4.49. The Kier molecular flexibility index (Phi) is 5.67. The second-order valence-electron chi connectivity index (χ2n) is 6.48. The molecule has 0 fully saturated rings. The summed E-state index contributed by atoms with van der Waals surface area (Å²) in [6, 6.07) is 15.0. The lowest BCUT2D eigenvalue weighted by Crippen LogP contribution is -2.31. The zero-order valence-corrected chi connectivity index (χ0v) is 15.7. The van der Waals surface area contributed by atoms with Crippen LogP contribution in [0, 0.1) is 28.6 Å². The first-order valence-electron chi connectivity index (χ1n) is 9.04. The van der Waals surface area contributed by atoms with Crippen molar-refractivity contribution in [2.75, 3.05) is 29.1 Å². The van der Waals surface area contributed by atoms with E-state index in [4.69, 9.17) is 10.00 Å². The smallest absolute Gasteiger partial charge is 0.221 e. The molecule has 7 nitrogen and oxygen atoms in total. The Hall–Kier alpha value is -3.71. The number of ether oxygens (including phenoxy) is 1. The molecule has 7 heteroatoms. The van der Waals surface area contributed by atoms with Crippen molar-refractivity contribution in [2.45, 2.75) is 19.9 Å². The highest BCUT2D eigenvalue weighted by molar-refractivity contribution is 5.91. The van der Waals surface area contributed by atoms with Crippen molar-refractivity contribution < 1.29 is 9.53 Å². The molecule has 1 aliphatic rings. The third kappa shape index (κ3) is 3.99. The van der Waals surface area contributed by atoms with Crippen molar-refractivity contribution in [2.24, 2.45) is 5.92 Å². The van der Waals surface area contributed by atoms with Gasteiger partial charge < -0.3 is 20.7 Å². The zero-order chi connectivity index (χ0) is 20.1. The highest BCUT2D eigenvalue weighted by Gasteiger charge is 2.31. The number of nitriles is 2. The number of benzene rings is 2. The maximum Gasteiger partial charge on any atom is 0.221 e. The first-order chi connectivity index (χ1) is 13.5. The number of anilines is 3. The predicted molar refractivity (Wildman–Crippen MR) is 107 cm³/mol. The summed E-state index contributed by atoms with van der Waals surface area (Å²) in [7, 11) is 0. The fourth-order valence-electron chi connectivity index (χ4n) is 3.28. The minimum Gasteiger partial charge on any atom is -0.492 e. The molecule has 0 saturated heterocycles. The average molecular weight is 375 g/mol. The molecule has 0 bridgehead atoms. The summed E-state index contributed by atoms with van der Waals surface area (Å²) >= 11 is 0. The van der Waals surface area contributed by atoms with Gasteiger partial charge in [0.25, 0.3) is 0 Å². The number of fused-ring (bicyclic) bond motifs is 1. The van der Waals surface area contributed by atoms with Crippen LogP contribution in [-0.4, -0.2) is 19.1 Å². The maximum absolute atomic E-state index is 11.6. The van der Waals surface area contributed by atoms with Crippen LogP contribution in [0.2, 0.25) is 0 Å². The van der Waals surface area contributed by atoms with Gasteiger partial charge in [0.05, 0.1) is 42.0 Å². The number of hydrogen-bond donors (Lipinski definition) is 3. The van der Waals surface area contributed by atoms with Crippen LogP contribution in [0.15, 0.2) is 36.4 Å². The molecular formula is C21H21N5O2. The Bertz CT molecular complexity index is 974. The van der Waals surface area contributed by atoms with E-state index in [9.17, 15) is 10.1 Å². The van der Waals surface area contributed by atoms with Gasteiger partial charge >= 0.3 is 0 Å². The fraction of sp³-hybridized carbons (Fsp3) is 0.286. The molecule has 1 amide bonds. The second kappa shape index (κ2) is 8.32. The van der Waals surface area contributed by atoms with E-state index in [1.165, 1.54) is 6.92 Å². The van der Waals surface area contributed by atoms with E-state index in [0.29, 0.717) is 30.2 Å². The van der Waals surface area contributed by atoms with Crippen molar-refractivity contribution in [1.29, 1.82) is 10.5 Å². The number of rotatable bonds is 5. The van der Waals surface area contributed by atoms with E-state index in [1.54, 1.807) is 18.2 Å². The number of carbonyl (C=O) groups is 1. The van der Waals surface area contributed by atoms with Gasteiger partial charge in [-0.05, 0) is 31.2 Å². The van der Waals surface area contributed by atoms with Crippen molar-refractivity contribution in [3.8, 4) is 17.9 Å². The van der Waals surface area contributed by atoms with Crippen LogP contribution in [0.4, 0.5) is 17.1 Å². The van der Waals surface area contributed by atoms with E-state index in [-0.39, 0.29) is 17.9 Å². The average Bonchev–Trinajstić information content (AvgIpc) is 2.69. The predicted octanol–water partition coefficient (Wildman–Crippen LogP) is 3.63. The molecule has 2 aromatic carbocycles. The van der Waals surface area contributed by atoms with Crippen LogP contribution in [0.5, 0.6) is 5.75 Å². The first-order valence-corrected chi connectivity index (χ1v) is 9.04. The number of amides is 1. The van der Waals surface area contributed by atoms with Gasteiger partial charge in [-0.15, -0.1) is 0 Å². The minimum atomic E-state index is -0.332. The Morgan fingerprint density at radius 1 is 1.32 bits per heavy atom. The number of carbonyl (C=O) groups excluding carboxylic acids is 1. The number of nitrogens with one attached hydrogen (secondary N) is 3. The molecule has 142 valence electrons. The summed E-state index contributed by atoms with van der Waals surface area (Å²) in [6.45, 7) is 4.26. The van der Waals surface area contributed by atoms with Crippen LogP contribution in [-0.2, 0) is 4.79 Å². The molecule has 3 rings (SSSR count). The largest absolute Gasteiger partial charge is 0.492 e. The molecule has 2 aromatic rings. The summed E-state index contributed by atoms with van der Waals surface area (Å²) < 4.78 is 5.66. The van der Waals surface area contributed by atoms with Crippen molar-refractivity contribution >= 4 is 23.0 Å².